The van der Waals surface area contributed by atoms with E-state index in [1.165, 1.54) is 38.3 Å². The summed E-state index contributed by atoms with van der Waals surface area (Å²) < 4.78 is 29.1. The zero-order valence-corrected chi connectivity index (χ0v) is 17.5. The summed E-state index contributed by atoms with van der Waals surface area (Å²) in [5, 5.41) is 10.9. The van der Waals surface area contributed by atoms with Gasteiger partial charge >= 0.3 is 5.97 Å². The van der Waals surface area contributed by atoms with Crippen LogP contribution in [0.2, 0.25) is 0 Å². The van der Waals surface area contributed by atoms with Crippen molar-refractivity contribution in [2.24, 2.45) is 0 Å². The molecule has 0 saturated carbocycles. The second-order valence-electron chi connectivity index (χ2n) is 7.11. The van der Waals surface area contributed by atoms with Crippen LogP contribution in [0.15, 0.2) is 54.6 Å². The Morgan fingerprint density at radius 1 is 1.06 bits per heavy atom. The highest BCUT2D eigenvalue weighted by Crippen LogP contribution is 2.31. The molecule has 0 aromatic heterocycles. The number of benzene rings is 2. The largest absolute Gasteiger partial charge is 0.462 e. The maximum Gasteiger partial charge on any atom is 0.303 e. The number of hydrogen-bond donors (Lipinski definition) is 0. The van der Waals surface area contributed by atoms with Crippen LogP contribution in [-0.4, -0.2) is 48.7 Å². The van der Waals surface area contributed by atoms with Gasteiger partial charge in [-0.2, -0.15) is 0 Å². The Balaban J connectivity index is 1.85. The Bertz CT molecular complexity index is 873. The van der Waals surface area contributed by atoms with Gasteiger partial charge in [-0.05, 0) is 24.6 Å². The first-order chi connectivity index (χ1) is 14.9. The van der Waals surface area contributed by atoms with Gasteiger partial charge in [0, 0.05) is 26.2 Å². The molecule has 0 N–H and O–H groups in total. The molecule has 9 nitrogen and oxygen atoms in total. The predicted octanol–water partition coefficient (Wildman–Crippen LogP) is 3.25. The number of carbonyl (C=O) groups excluding carboxylic acids is 1. The molecule has 5 atom stereocenters. The number of rotatable bonds is 8. The first-order valence-electron chi connectivity index (χ1n) is 9.81. The average Bonchev–Trinajstić information content (AvgIpc) is 2.74. The molecule has 0 bridgehead atoms. The maximum atomic E-state index is 11.8. The van der Waals surface area contributed by atoms with Gasteiger partial charge in [0.25, 0.3) is 5.69 Å². The minimum atomic E-state index is -0.934. The van der Waals surface area contributed by atoms with Crippen molar-refractivity contribution in [1.29, 1.82) is 0 Å². The van der Waals surface area contributed by atoms with Crippen molar-refractivity contribution in [2.45, 2.75) is 51.2 Å². The van der Waals surface area contributed by atoms with Crippen LogP contribution in [0.1, 0.15) is 19.4 Å². The first kappa shape index (κ1) is 22.7. The molecule has 2 aromatic carbocycles. The Kier molecular flexibility index (Phi) is 7.56. The van der Waals surface area contributed by atoms with E-state index in [0.717, 1.165) is 5.56 Å². The summed E-state index contributed by atoms with van der Waals surface area (Å²) >= 11 is 0. The molecule has 1 saturated heterocycles. The summed E-state index contributed by atoms with van der Waals surface area (Å²) in [6, 6.07) is 15.1. The van der Waals surface area contributed by atoms with Gasteiger partial charge in [-0.15, -0.1) is 0 Å². The lowest BCUT2D eigenvalue weighted by Gasteiger charge is -2.43. The van der Waals surface area contributed by atoms with Crippen molar-refractivity contribution >= 4 is 11.7 Å². The fourth-order valence-corrected chi connectivity index (χ4v) is 3.44. The van der Waals surface area contributed by atoms with Crippen molar-refractivity contribution in [1.82, 2.24) is 0 Å². The molecule has 0 radical (unpaired) electrons. The van der Waals surface area contributed by atoms with Gasteiger partial charge in [-0.25, -0.2) is 0 Å². The number of methoxy groups -OCH3 is 1. The molecular formula is C22H25NO8. The number of nitro benzene ring substituents is 1. The van der Waals surface area contributed by atoms with E-state index in [2.05, 4.69) is 0 Å². The molecule has 2 aromatic rings. The number of non-ortho nitro benzene ring substituents is 1. The van der Waals surface area contributed by atoms with Crippen molar-refractivity contribution in [3.8, 4) is 5.75 Å². The maximum absolute atomic E-state index is 11.8. The zero-order chi connectivity index (χ0) is 22.4. The molecule has 31 heavy (non-hydrogen) atoms. The van der Waals surface area contributed by atoms with Gasteiger partial charge in [0.05, 0.1) is 17.6 Å². The predicted molar refractivity (Wildman–Crippen MR) is 109 cm³/mol. The molecule has 1 aliphatic heterocycles. The van der Waals surface area contributed by atoms with Crippen LogP contribution in [0, 0.1) is 10.1 Å². The molecule has 0 spiro atoms. The lowest BCUT2D eigenvalue weighted by Crippen LogP contribution is -2.61. The quantitative estimate of drug-likeness (QED) is 0.356. The Labute approximate surface area is 180 Å². The van der Waals surface area contributed by atoms with Crippen LogP contribution < -0.4 is 4.74 Å². The standard InChI is InChI=1S/C22H25NO8/c1-14-19(27-3)20(30-15(2)24)21(28-13-16-7-5-4-6-8-16)22(29-14)31-18-11-9-17(10-12-18)23(25)26/h4-12,14,19-22H,13H2,1-3H3/t14-,19+,20+,21-,22+/m0/s1. The summed E-state index contributed by atoms with van der Waals surface area (Å²) in [5.74, 6) is -0.128. The van der Waals surface area contributed by atoms with E-state index in [-0.39, 0.29) is 12.3 Å². The van der Waals surface area contributed by atoms with Gasteiger partial charge in [0.15, 0.2) is 12.2 Å². The van der Waals surface area contributed by atoms with E-state index < -0.39 is 41.6 Å². The molecule has 1 fully saturated rings. The number of nitrogens with zero attached hydrogens (tertiary/aromatic N) is 1. The topological polar surface area (TPSA) is 106 Å². The molecule has 1 aliphatic rings. The normalized spacial score (nSPS) is 25.6. The van der Waals surface area contributed by atoms with Crippen LogP contribution in [0.25, 0.3) is 0 Å². The molecular weight excluding hydrogens is 406 g/mol. The summed E-state index contributed by atoms with van der Waals surface area (Å²) in [6.07, 6.45) is -3.55. The second kappa shape index (κ2) is 10.3. The van der Waals surface area contributed by atoms with E-state index in [9.17, 15) is 14.9 Å². The van der Waals surface area contributed by atoms with Gasteiger partial charge in [-0.1, -0.05) is 30.3 Å². The van der Waals surface area contributed by atoms with E-state index in [1.807, 2.05) is 30.3 Å². The molecule has 0 aliphatic carbocycles. The monoisotopic (exact) mass is 431 g/mol. The summed E-state index contributed by atoms with van der Waals surface area (Å²) in [6.45, 7) is 3.33. The van der Waals surface area contributed by atoms with Crippen LogP contribution in [0.5, 0.6) is 5.75 Å². The number of nitro groups is 1. The highest BCUT2D eigenvalue weighted by atomic mass is 16.7. The van der Waals surface area contributed by atoms with Gasteiger partial charge in [0.2, 0.25) is 6.29 Å². The number of carbonyl (C=O) groups is 1. The second-order valence-corrected chi connectivity index (χ2v) is 7.11. The SMILES string of the molecule is CO[C@H]1[C@@H](OC(C)=O)[C@H](OCc2ccccc2)[C@@H](Oc2ccc([N+](=O)[O-])cc2)O[C@H]1C. The van der Waals surface area contributed by atoms with E-state index >= 15 is 0 Å². The number of esters is 1. The van der Waals surface area contributed by atoms with E-state index in [4.69, 9.17) is 23.7 Å². The average molecular weight is 431 g/mol. The molecule has 1 heterocycles. The summed E-state index contributed by atoms with van der Waals surface area (Å²) in [5.41, 5.74) is 0.866. The third-order valence-electron chi connectivity index (χ3n) is 4.89. The third-order valence-corrected chi connectivity index (χ3v) is 4.89. The van der Waals surface area contributed by atoms with Crippen molar-refractivity contribution < 1.29 is 33.4 Å². The lowest BCUT2D eigenvalue weighted by molar-refractivity contribution is -0.384. The summed E-state index contributed by atoms with van der Waals surface area (Å²) in [4.78, 5) is 22.2. The van der Waals surface area contributed by atoms with Crippen LogP contribution in [0.4, 0.5) is 5.69 Å². The molecule has 9 heteroatoms. The highest BCUT2D eigenvalue weighted by Gasteiger charge is 2.49. The molecule has 3 rings (SSSR count). The Morgan fingerprint density at radius 3 is 2.32 bits per heavy atom. The fourth-order valence-electron chi connectivity index (χ4n) is 3.44. The first-order valence-corrected chi connectivity index (χ1v) is 9.81. The van der Waals surface area contributed by atoms with Crippen molar-refractivity contribution in [3.05, 3.63) is 70.3 Å². The van der Waals surface area contributed by atoms with Gasteiger partial charge in [-0.3, -0.25) is 14.9 Å². The van der Waals surface area contributed by atoms with Crippen LogP contribution >= 0.6 is 0 Å². The fraction of sp³-hybridized carbons (Fsp3) is 0.409. The van der Waals surface area contributed by atoms with Gasteiger partial charge in [0.1, 0.15) is 11.9 Å². The molecule has 0 unspecified atom stereocenters. The number of hydrogen-bond acceptors (Lipinski definition) is 8. The minimum absolute atomic E-state index is 0.0561. The number of ether oxygens (including phenoxy) is 5. The molecule has 0 amide bonds. The van der Waals surface area contributed by atoms with E-state index in [0.29, 0.717) is 5.75 Å². The Morgan fingerprint density at radius 2 is 1.74 bits per heavy atom. The third kappa shape index (κ3) is 5.78. The van der Waals surface area contributed by atoms with Crippen molar-refractivity contribution in [2.75, 3.05) is 7.11 Å². The van der Waals surface area contributed by atoms with Crippen molar-refractivity contribution in [3.63, 3.8) is 0 Å². The minimum Gasteiger partial charge on any atom is -0.462 e. The summed E-state index contributed by atoms with van der Waals surface area (Å²) in [7, 11) is 1.51. The van der Waals surface area contributed by atoms with Crippen LogP contribution in [-0.2, 0) is 30.3 Å². The highest BCUT2D eigenvalue weighted by molar-refractivity contribution is 5.66. The zero-order valence-electron chi connectivity index (χ0n) is 17.5. The van der Waals surface area contributed by atoms with E-state index in [1.54, 1.807) is 6.92 Å². The molecule has 166 valence electrons. The smallest absolute Gasteiger partial charge is 0.303 e. The van der Waals surface area contributed by atoms with Crippen LogP contribution in [0.3, 0.4) is 0 Å². The lowest BCUT2D eigenvalue weighted by atomic mass is 9.99. The van der Waals surface area contributed by atoms with Gasteiger partial charge < -0.3 is 23.7 Å². The Hall–Kier alpha value is -3.01.